The number of rotatable bonds is 8. The highest BCUT2D eigenvalue weighted by molar-refractivity contribution is 5.72. The van der Waals surface area contributed by atoms with Crippen molar-refractivity contribution in [2.75, 3.05) is 33.4 Å². The lowest BCUT2D eigenvalue weighted by atomic mass is 10.0. The molecule has 0 unspecified atom stereocenters. The zero-order chi connectivity index (χ0) is 11.1. The Balaban J connectivity index is 1.97. The van der Waals surface area contributed by atoms with Gasteiger partial charge in [0, 0.05) is 40.3 Å². The molecule has 0 heterocycles. The number of hydrogen-bond donors (Lipinski definition) is 2. The number of carbonyl (C=O) groups excluding carboxylic acids is 1. The van der Waals surface area contributed by atoms with Crippen LogP contribution < -0.4 is 10.6 Å². The van der Waals surface area contributed by atoms with Crippen LogP contribution in [0.25, 0.3) is 0 Å². The Kier molecular flexibility index (Phi) is 5.05. The first-order valence-corrected chi connectivity index (χ1v) is 5.63. The van der Waals surface area contributed by atoms with Gasteiger partial charge in [-0.25, -0.2) is 0 Å². The van der Waals surface area contributed by atoms with Crippen LogP contribution in [0.4, 0.5) is 0 Å². The second kappa shape index (κ2) is 6.08. The molecule has 88 valence electrons. The van der Waals surface area contributed by atoms with Crippen molar-refractivity contribution in [2.24, 2.45) is 5.41 Å². The van der Waals surface area contributed by atoms with Gasteiger partial charge in [0.05, 0.1) is 0 Å². The third-order valence-corrected chi connectivity index (χ3v) is 2.97. The van der Waals surface area contributed by atoms with Crippen LogP contribution in [0.5, 0.6) is 0 Å². The Bertz CT molecular complexity index is 203. The van der Waals surface area contributed by atoms with E-state index in [-0.39, 0.29) is 5.91 Å². The predicted molar refractivity (Wildman–Crippen MR) is 59.7 cm³/mol. The quantitative estimate of drug-likeness (QED) is 0.579. The lowest BCUT2D eigenvalue weighted by molar-refractivity contribution is -0.118. The fourth-order valence-corrected chi connectivity index (χ4v) is 1.69. The van der Waals surface area contributed by atoms with E-state index < -0.39 is 0 Å². The lowest BCUT2D eigenvalue weighted by Crippen LogP contribution is -2.33. The third kappa shape index (κ3) is 5.14. The highest BCUT2D eigenvalue weighted by Crippen LogP contribution is 2.47. The molecule has 4 heteroatoms. The summed E-state index contributed by atoms with van der Waals surface area (Å²) >= 11 is 0. The van der Waals surface area contributed by atoms with Gasteiger partial charge >= 0.3 is 0 Å². The normalized spacial score (nSPS) is 17.5. The summed E-state index contributed by atoms with van der Waals surface area (Å²) in [6.07, 6.45) is 3.77. The van der Waals surface area contributed by atoms with Gasteiger partial charge in [0.25, 0.3) is 0 Å². The Hall–Kier alpha value is -0.610. The molecular formula is C11H22N2O2. The number of ether oxygens (including phenoxy) is 1. The number of hydrogen-bond acceptors (Lipinski definition) is 3. The molecule has 1 fully saturated rings. The van der Waals surface area contributed by atoms with Gasteiger partial charge in [-0.2, -0.15) is 0 Å². The summed E-state index contributed by atoms with van der Waals surface area (Å²) in [5, 5.41) is 6.15. The topological polar surface area (TPSA) is 50.4 Å². The van der Waals surface area contributed by atoms with Gasteiger partial charge in [0.15, 0.2) is 0 Å². The van der Waals surface area contributed by atoms with Crippen LogP contribution >= 0.6 is 0 Å². The molecule has 0 atom stereocenters. The van der Waals surface area contributed by atoms with Crippen LogP contribution in [-0.4, -0.2) is 39.3 Å². The Morgan fingerprint density at radius 1 is 1.40 bits per heavy atom. The molecule has 1 aliphatic carbocycles. The maximum atomic E-state index is 10.6. The Morgan fingerprint density at radius 2 is 2.13 bits per heavy atom. The van der Waals surface area contributed by atoms with Gasteiger partial charge in [-0.15, -0.1) is 0 Å². The zero-order valence-electron chi connectivity index (χ0n) is 9.77. The minimum atomic E-state index is 0.0392. The van der Waals surface area contributed by atoms with E-state index in [9.17, 15) is 4.79 Å². The van der Waals surface area contributed by atoms with E-state index in [1.54, 1.807) is 14.0 Å². The summed E-state index contributed by atoms with van der Waals surface area (Å²) in [5.74, 6) is 0.0392. The van der Waals surface area contributed by atoms with Crippen LogP contribution in [0.1, 0.15) is 26.2 Å². The third-order valence-electron chi connectivity index (χ3n) is 2.97. The molecule has 1 aliphatic rings. The van der Waals surface area contributed by atoms with E-state index in [0.717, 1.165) is 32.7 Å². The Morgan fingerprint density at radius 3 is 2.67 bits per heavy atom. The van der Waals surface area contributed by atoms with E-state index >= 15 is 0 Å². The lowest BCUT2D eigenvalue weighted by Gasteiger charge is -2.15. The average molecular weight is 214 g/mol. The summed E-state index contributed by atoms with van der Waals surface area (Å²) in [6, 6.07) is 0. The van der Waals surface area contributed by atoms with Gasteiger partial charge in [-0.1, -0.05) is 0 Å². The first-order valence-electron chi connectivity index (χ1n) is 5.63. The summed E-state index contributed by atoms with van der Waals surface area (Å²) in [5.41, 5.74) is 0.492. The molecule has 0 aliphatic heterocycles. The molecule has 0 aromatic heterocycles. The average Bonchev–Trinajstić information content (AvgIpc) is 2.95. The summed E-state index contributed by atoms with van der Waals surface area (Å²) in [4.78, 5) is 10.6. The van der Waals surface area contributed by atoms with Crippen LogP contribution in [-0.2, 0) is 9.53 Å². The van der Waals surface area contributed by atoms with Crippen molar-refractivity contribution in [1.82, 2.24) is 10.6 Å². The number of amides is 1. The van der Waals surface area contributed by atoms with Gasteiger partial charge < -0.3 is 15.4 Å². The number of carbonyl (C=O) groups is 1. The van der Waals surface area contributed by atoms with Crippen molar-refractivity contribution in [3.05, 3.63) is 0 Å². The van der Waals surface area contributed by atoms with Crippen molar-refractivity contribution in [3.63, 3.8) is 0 Å². The molecule has 1 rings (SSSR count). The second-order valence-electron chi connectivity index (χ2n) is 4.40. The maximum Gasteiger partial charge on any atom is 0.216 e. The van der Waals surface area contributed by atoms with Crippen LogP contribution in [0.2, 0.25) is 0 Å². The fraction of sp³-hybridized carbons (Fsp3) is 0.909. The molecule has 0 radical (unpaired) electrons. The second-order valence-corrected chi connectivity index (χ2v) is 4.40. The largest absolute Gasteiger partial charge is 0.385 e. The first-order chi connectivity index (χ1) is 7.18. The van der Waals surface area contributed by atoms with Crippen molar-refractivity contribution < 1.29 is 9.53 Å². The molecule has 2 N–H and O–H groups in total. The number of methoxy groups -OCH3 is 1. The van der Waals surface area contributed by atoms with Gasteiger partial charge in [0.1, 0.15) is 0 Å². The summed E-state index contributed by atoms with van der Waals surface area (Å²) in [7, 11) is 1.75. The Labute approximate surface area is 91.8 Å². The van der Waals surface area contributed by atoms with Crippen molar-refractivity contribution >= 4 is 5.91 Å². The van der Waals surface area contributed by atoms with Gasteiger partial charge in [-0.3, -0.25) is 4.79 Å². The minimum absolute atomic E-state index is 0.0392. The predicted octanol–water partition coefficient (Wildman–Crippen LogP) is 0.529. The highest BCUT2D eigenvalue weighted by Gasteiger charge is 2.41. The molecule has 0 saturated heterocycles. The molecule has 0 spiro atoms. The molecular weight excluding hydrogens is 192 g/mol. The van der Waals surface area contributed by atoms with Crippen LogP contribution in [0.3, 0.4) is 0 Å². The first kappa shape index (κ1) is 12.5. The van der Waals surface area contributed by atoms with Gasteiger partial charge in [0.2, 0.25) is 5.91 Å². The molecule has 0 aromatic carbocycles. The maximum absolute atomic E-state index is 10.6. The molecule has 1 amide bonds. The van der Waals surface area contributed by atoms with E-state index in [0.29, 0.717) is 5.41 Å². The monoisotopic (exact) mass is 214 g/mol. The van der Waals surface area contributed by atoms with Crippen molar-refractivity contribution in [1.29, 1.82) is 0 Å². The van der Waals surface area contributed by atoms with E-state index in [2.05, 4.69) is 10.6 Å². The minimum Gasteiger partial charge on any atom is -0.385 e. The SMILES string of the molecule is COCCC1(CNCCNC(C)=O)CC1. The van der Waals surface area contributed by atoms with Gasteiger partial charge in [-0.05, 0) is 24.7 Å². The molecule has 0 aromatic rings. The van der Waals surface area contributed by atoms with E-state index in [1.807, 2.05) is 0 Å². The molecule has 1 saturated carbocycles. The number of nitrogens with one attached hydrogen (secondary N) is 2. The van der Waals surface area contributed by atoms with E-state index in [4.69, 9.17) is 4.74 Å². The standard InChI is InChI=1S/C11H22N2O2/c1-10(14)13-7-6-12-9-11(3-4-11)5-8-15-2/h12H,3-9H2,1-2H3,(H,13,14). The van der Waals surface area contributed by atoms with Crippen LogP contribution in [0, 0.1) is 5.41 Å². The molecule has 0 bridgehead atoms. The van der Waals surface area contributed by atoms with Crippen molar-refractivity contribution in [2.45, 2.75) is 26.2 Å². The smallest absolute Gasteiger partial charge is 0.216 e. The highest BCUT2D eigenvalue weighted by atomic mass is 16.5. The summed E-state index contributed by atoms with van der Waals surface area (Å²) < 4.78 is 5.09. The van der Waals surface area contributed by atoms with Crippen molar-refractivity contribution in [3.8, 4) is 0 Å². The summed E-state index contributed by atoms with van der Waals surface area (Å²) in [6.45, 7) is 5.02. The zero-order valence-corrected chi connectivity index (χ0v) is 9.77. The molecule has 4 nitrogen and oxygen atoms in total. The van der Waals surface area contributed by atoms with Crippen LogP contribution in [0.15, 0.2) is 0 Å². The molecule has 15 heavy (non-hydrogen) atoms. The fourth-order valence-electron chi connectivity index (χ4n) is 1.69. The van der Waals surface area contributed by atoms with E-state index in [1.165, 1.54) is 12.8 Å².